The normalized spacial score (nSPS) is 21.8. The summed E-state index contributed by atoms with van der Waals surface area (Å²) in [4.78, 5) is 25.3. The molecule has 2 unspecified atom stereocenters. The van der Waals surface area contributed by atoms with Crippen LogP contribution >= 0.6 is 11.6 Å². The van der Waals surface area contributed by atoms with Gasteiger partial charge >= 0.3 is 18.3 Å². The van der Waals surface area contributed by atoms with Crippen LogP contribution in [0.1, 0.15) is 37.0 Å². The molecule has 0 radical (unpaired) electrons. The van der Waals surface area contributed by atoms with Crippen LogP contribution in [0.15, 0.2) is 41.3 Å². The second kappa shape index (κ2) is 10.8. The standard InChI is InChI=1S/C24H24ClF6N3O5S/c1-4-39-20(36)21(2)12-32-34-22(21,13-5-7-15(17(25)9-13)23(26,27)28)11-19(35)33-14-6-8-16(24(29,30)31)18(10-14)40(3,37)38/h5-10,32,34H,4,11-12H2,1-3H3,(H,33,35). The lowest BCUT2D eigenvalue weighted by Crippen LogP contribution is -2.55. The van der Waals surface area contributed by atoms with Crippen LogP contribution in [0.3, 0.4) is 0 Å². The molecule has 1 aliphatic heterocycles. The predicted molar refractivity (Wildman–Crippen MR) is 132 cm³/mol. The van der Waals surface area contributed by atoms with Gasteiger partial charge in [0.1, 0.15) is 5.41 Å². The number of hydrogen-bond donors (Lipinski definition) is 3. The molecule has 16 heteroatoms. The zero-order chi connectivity index (χ0) is 30.3. The molecule has 40 heavy (non-hydrogen) atoms. The monoisotopic (exact) mass is 615 g/mol. The van der Waals surface area contributed by atoms with E-state index in [-0.39, 0.29) is 24.4 Å². The molecule has 1 saturated heterocycles. The van der Waals surface area contributed by atoms with E-state index in [0.717, 1.165) is 18.2 Å². The summed E-state index contributed by atoms with van der Waals surface area (Å²) in [5.41, 5.74) is -0.724. The predicted octanol–water partition coefficient (Wildman–Crippen LogP) is 4.68. The van der Waals surface area contributed by atoms with Gasteiger partial charge in [-0.05, 0) is 49.7 Å². The third-order valence-electron chi connectivity index (χ3n) is 6.57. The molecule has 1 aliphatic rings. The number of carbonyl (C=O) groups excluding carboxylic acids is 2. The van der Waals surface area contributed by atoms with Crippen LogP contribution in [0.4, 0.5) is 32.0 Å². The molecule has 220 valence electrons. The molecule has 0 spiro atoms. The molecule has 2 aromatic carbocycles. The van der Waals surface area contributed by atoms with Crippen LogP contribution in [0.5, 0.6) is 0 Å². The first-order valence-corrected chi connectivity index (χ1v) is 13.8. The minimum atomic E-state index is -4.99. The molecule has 8 nitrogen and oxygen atoms in total. The first-order chi connectivity index (χ1) is 18.3. The Morgan fingerprint density at radius 1 is 1.05 bits per heavy atom. The third kappa shape index (κ3) is 6.06. The third-order valence-corrected chi connectivity index (χ3v) is 8.02. The Kier molecular flexibility index (Phi) is 8.57. The molecule has 2 aromatic rings. The average Bonchev–Trinajstić information content (AvgIpc) is 3.14. The highest BCUT2D eigenvalue weighted by molar-refractivity contribution is 7.90. The lowest BCUT2D eigenvalue weighted by Gasteiger charge is -2.41. The number of alkyl halides is 6. The second-order valence-electron chi connectivity index (χ2n) is 9.33. The van der Waals surface area contributed by atoms with Crippen molar-refractivity contribution >= 4 is 39.0 Å². The van der Waals surface area contributed by atoms with Crippen molar-refractivity contribution in [3.8, 4) is 0 Å². The molecule has 0 bridgehead atoms. The molecule has 1 heterocycles. The van der Waals surface area contributed by atoms with E-state index < -0.39 is 72.5 Å². The Labute approximate surface area is 230 Å². The summed E-state index contributed by atoms with van der Waals surface area (Å²) in [6.07, 6.45) is -9.86. The Balaban J connectivity index is 2.08. The Morgan fingerprint density at radius 2 is 1.65 bits per heavy atom. The average molecular weight is 616 g/mol. The Bertz CT molecular complexity index is 1430. The van der Waals surface area contributed by atoms with E-state index in [1.807, 2.05) is 0 Å². The summed E-state index contributed by atoms with van der Waals surface area (Å²) in [7, 11) is -4.37. The molecular weight excluding hydrogens is 592 g/mol. The Hall–Kier alpha value is -2.88. The van der Waals surface area contributed by atoms with Crippen LogP contribution in [-0.2, 0) is 42.1 Å². The van der Waals surface area contributed by atoms with E-state index >= 15 is 0 Å². The van der Waals surface area contributed by atoms with Crippen molar-refractivity contribution in [2.75, 3.05) is 24.7 Å². The van der Waals surface area contributed by atoms with Crippen molar-refractivity contribution < 1.29 is 49.1 Å². The smallest absolute Gasteiger partial charge is 0.417 e. The molecule has 0 aromatic heterocycles. The quantitative estimate of drug-likeness (QED) is 0.306. The van der Waals surface area contributed by atoms with Gasteiger partial charge < -0.3 is 10.1 Å². The maximum Gasteiger partial charge on any atom is 0.417 e. The van der Waals surface area contributed by atoms with Gasteiger partial charge in [0.15, 0.2) is 9.84 Å². The molecule has 3 rings (SSSR count). The van der Waals surface area contributed by atoms with Gasteiger partial charge in [0.2, 0.25) is 5.91 Å². The summed E-state index contributed by atoms with van der Waals surface area (Å²) in [6.45, 7) is 2.77. The van der Waals surface area contributed by atoms with Crippen LogP contribution in [0, 0.1) is 5.41 Å². The van der Waals surface area contributed by atoms with Crippen LogP contribution in [0.2, 0.25) is 5.02 Å². The number of benzene rings is 2. The Morgan fingerprint density at radius 3 is 2.17 bits per heavy atom. The number of hydrazine groups is 1. The van der Waals surface area contributed by atoms with E-state index in [2.05, 4.69) is 16.2 Å². The minimum Gasteiger partial charge on any atom is -0.465 e. The van der Waals surface area contributed by atoms with E-state index in [0.29, 0.717) is 24.5 Å². The lowest BCUT2D eigenvalue weighted by molar-refractivity contribution is -0.158. The fourth-order valence-corrected chi connectivity index (χ4v) is 5.74. The maximum atomic E-state index is 13.3. The number of ether oxygens (including phenoxy) is 1. The molecule has 1 fully saturated rings. The van der Waals surface area contributed by atoms with Gasteiger partial charge in [0.05, 0.1) is 39.6 Å². The zero-order valence-corrected chi connectivity index (χ0v) is 22.8. The SMILES string of the molecule is CCOC(=O)C1(C)CNNC1(CC(=O)Nc1ccc(C(F)(F)F)c(S(C)(=O)=O)c1)c1ccc(C(F)(F)F)c(Cl)c1. The maximum absolute atomic E-state index is 13.3. The van der Waals surface area contributed by atoms with E-state index in [9.17, 15) is 44.3 Å². The van der Waals surface area contributed by atoms with E-state index in [1.54, 1.807) is 0 Å². The van der Waals surface area contributed by atoms with Crippen molar-refractivity contribution in [1.29, 1.82) is 0 Å². The number of nitrogens with one attached hydrogen (secondary N) is 3. The summed E-state index contributed by atoms with van der Waals surface area (Å²) in [5.74, 6) is -1.72. The zero-order valence-electron chi connectivity index (χ0n) is 21.2. The molecular formula is C24H24ClF6N3O5S. The van der Waals surface area contributed by atoms with Crippen LogP contribution in [0.25, 0.3) is 0 Å². The van der Waals surface area contributed by atoms with Gasteiger partial charge in [-0.3, -0.25) is 15.0 Å². The van der Waals surface area contributed by atoms with Gasteiger partial charge in [-0.15, -0.1) is 0 Å². The van der Waals surface area contributed by atoms with Crippen molar-refractivity contribution in [2.45, 2.75) is 43.1 Å². The van der Waals surface area contributed by atoms with Crippen molar-refractivity contribution in [1.82, 2.24) is 10.9 Å². The van der Waals surface area contributed by atoms with Gasteiger partial charge in [0.25, 0.3) is 0 Å². The molecule has 3 N–H and O–H groups in total. The first-order valence-electron chi connectivity index (χ1n) is 11.5. The second-order valence-corrected chi connectivity index (χ2v) is 11.7. The van der Waals surface area contributed by atoms with Crippen molar-refractivity contribution in [3.63, 3.8) is 0 Å². The van der Waals surface area contributed by atoms with Gasteiger partial charge in [-0.25, -0.2) is 13.8 Å². The summed E-state index contributed by atoms with van der Waals surface area (Å²) >= 11 is 5.93. The number of carbonyl (C=O) groups is 2. The highest BCUT2D eigenvalue weighted by Crippen LogP contribution is 2.48. The molecule has 0 aliphatic carbocycles. The topological polar surface area (TPSA) is 114 Å². The van der Waals surface area contributed by atoms with Gasteiger partial charge in [-0.1, -0.05) is 17.7 Å². The van der Waals surface area contributed by atoms with E-state index in [4.69, 9.17) is 16.3 Å². The van der Waals surface area contributed by atoms with Gasteiger partial charge in [0, 0.05) is 18.5 Å². The van der Waals surface area contributed by atoms with E-state index in [1.165, 1.54) is 13.8 Å². The number of amides is 1. The lowest BCUT2D eigenvalue weighted by atomic mass is 9.66. The number of anilines is 1. The fraction of sp³-hybridized carbons (Fsp3) is 0.417. The highest BCUT2D eigenvalue weighted by atomic mass is 35.5. The first kappa shape index (κ1) is 31.6. The fourth-order valence-electron chi connectivity index (χ4n) is 4.53. The number of sulfone groups is 1. The van der Waals surface area contributed by atoms with Crippen LogP contribution < -0.4 is 16.2 Å². The number of hydrogen-bond acceptors (Lipinski definition) is 7. The largest absolute Gasteiger partial charge is 0.465 e. The van der Waals surface area contributed by atoms with Crippen LogP contribution in [-0.4, -0.2) is 39.7 Å². The summed E-state index contributed by atoms with van der Waals surface area (Å²) in [6, 6.07) is 4.67. The van der Waals surface area contributed by atoms with Crippen molar-refractivity contribution in [2.24, 2.45) is 5.41 Å². The van der Waals surface area contributed by atoms with Gasteiger partial charge in [-0.2, -0.15) is 26.3 Å². The number of halogens is 7. The molecule has 2 atom stereocenters. The summed E-state index contributed by atoms with van der Waals surface area (Å²) < 4.78 is 109. The summed E-state index contributed by atoms with van der Waals surface area (Å²) in [5, 5.41) is 1.61. The number of esters is 1. The van der Waals surface area contributed by atoms with Crippen molar-refractivity contribution in [3.05, 3.63) is 58.1 Å². The highest BCUT2D eigenvalue weighted by Gasteiger charge is 2.60. The molecule has 1 amide bonds. The molecule has 0 saturated carbocycles. The minimum absolute atomic E-state index is 0.00504. The number of rotatable bonds is 7.